The standard InChI is InChI=1S/C13H8ClF3N2O/c14-11-8(4-3-7-18-11)12(20)19-10-6-2-1-5-9(10)13(15,16)17/h1-7H,(H,19,20). The fourth-order valence-electron chi connectivity index (χ4n) is 1.58. The zero-order chi connectivity index (χ0) is 14.8. The SMILES string of the molecule is O=C(Nc1ccccc1C(F)(F)F)c1cccnc1Cl. The van der Waals surface area contributed by atoms with E-state index >= 15 is 0 Å². The Balaban J connectivity index is 2.32. The first-order valence-electron chi connectivity index (χ1n) is 5.47. The molecule has 3 nitrogen and oxygen atoms in total. The van der Waals surface area contributed by atoms with Crippen LogP contribution in [0.15, 0.2) is 42.6 Å². The van der Waals surface area contributed by atoms with Gasteiger partial charge in [0.1, 0.15) is 5.15 Å². The van der Waals surface area contributed by atoms with Crippen LogP contribution >= 0.6 is 11.6 Å². The molecule has 0 saturated heterocycles. The molecule has 104 valence electrons. The molecule has 0 saturated carbocycles. The maximum Gasteiger partial charge on any atom is 0.418 e. The number of alkyl halides is 3. The number of aromatic nitrogens is 1. The van der Waals surface area contributed by atoms with Gasteiger partial charge in [0.2, 0.25) is 0 Å². The van der Waals surface area contributed by atoms with E-state index in [1.54, 1.807) is 0 Å². The van der Waals surface area contributed by atoms with Gasteiger partial charge in [-0.05, 0) is 24.3 Å². The van der Waals surface area contributed by atoms with E-state index < -0.39 is 17.6 Å². The molecule has 0 aliphatic carbocycles. The molecule has 20 heavy (non-hydrogen) atoms. The maximum absolute atomic E-state index is 12.8. The fourth-order valence-corrected chi connectivity index (χ4v) is 1.79. The van der Waals surface area contributed by atoms with Crippen molar-refractivity contribution in [3.63, 3.8) is 0 Å². The van der Waals surface area contributed by atoms with Crippen molar-refractivity contribution in [1.82, 2.24) is 4.98 Å². The van der Waals surface area contributed by atoms with Gasteiger partial charge in [0.15, 0.2) is 0 Å². The first-order valence-corrected chi connectivity index (χ1v) is 5.85. The monoisotopic (exact) mass is 300 g/mol. The van der Waals surface area contributed by atoms with E-state index in [1.165, 1.54) is 36.5 Å². The number of carbonyl (C=O) groups is 1. The Bertz CT molecular complexity index is 644. The Morgan fingerprint density at radius 1 is 1.15 bits per heavy atom. The molecule has 2 aromatic rings. The summed E-state index contributed by atoms with van der Waals surface area (Å²) in [6.07, 6.45) is -3.18. The number of para-hydroxylation sites is 1. The van der Waals surface area contributed by atoms with Crippen molar-refractivity contribution in [2.24, 2.45) is 0 Å². The van der Waals surface area contributed by atoms with Crippen molar-refractivity contribution in [1.29, 1.82) is 0 Å². The quantitative estimate of drug-likeness (QED) is 0.852. The minimum Gasteiger partial charge on any atom is -0.321 e. The number of hydrogen-bond donors (Lipinski definition) is 1. The van der Waals surface area contributed by atoms with Crippen molar-refractivity contribution in [2.75, 3.05) is 5.32 Å². The molecule has 1 aromatic carbocycles. The average molecular weight is 301 g/mol. The third kappa shape index (κ3) is 3.08. The lowest BCUT2D eigenvalue weighted by molar-refractivity contribution is -0.136. The number of carbonyl (C=O) groups excluding carboxylic acids is 1. The first kappa shape index (κ1) is 14.3. The molecule has 1 N–H and O–H groups in total. The van der Waals surface area contributed by atoms with Gasteiger partial charge in [-0.25, -0.2) is 4.98 Å². The summed E-state index contributed by atoms with van der Waals surface area (Å²) in [5, 5.41) is 2.12. The lowest BCUT2D eigenvalue weighted by Gasteiger charge is -2.13. The van der Waals surface area contributed by atoms with Crippen molar-refractivity contribution >= 4 is 23.2 Å². The van der Waals surface area contributed by atoms with Gasteiger partial charge >= 0.3 is 6.18 Å². The number of halogens is 4. The fraction of sp³-hybridized carbons (Fsp3) is 0.0769. The second-order valence-corrected chi connectivity index (χ2v) is 4.20. The number of hydrogen-bond acceptors (Lipinski definition) is 2. The van der Waals surface area contributed by atoms with E-state index in [4.69, 9.17) is 11.6 Å². The van der Waals surface area contributed by atoms with Gasteiger partial charge in [-0.1, -0.05) is 23.7 Å². The molecule has 7 heteroatoms. The molecule has 0 aliphatic rings. The molecule has 0 radical (unpaired) electrons. The summed E-state index contributed by atoms with van der Waals surface area (Å²) in [6.45, 7) is 0. The predicted molar refractivity (Wildman–Crippen MR) is 68.6 cm³/mol. The number of benzene rings is 1. The second kappa shape index (κ2) is 5.50. The van der Waals surface area contributed by atoms with Crippen molar-refractivity contribution < 1.29 is 18.0 Å². The normalized spacial score (nSPS) is 11.2. The van der Waals surface area contributed by atoms with Crippen LogP contribution in [0.2, 0.25) is 5.15 Å². The molecular formula is C13H8ClF3N2O. The van der Waals surface area contributed by atoms with E-state index in [-0.39, 0.29) is 16.4 Å². The molecule has 0 bridgehead atoms. The zero-order valence-corrected chi connectivity index (χ0v) is 10.7. The highest BCUT2D eigenvalue weighted by Gasteiger charge is 2.33. The van der Waals surface area contributed by atoms with Crippen LogP contribution in [-0.2, 0) is 6.18 Å². The molecule has 0 spiro atoms. The average Bonchev–Trinajstić information content (AvgIpc) is 2.38. The van der Waals surface area contributed by atoms with Gasteiger partial charge < -0.3 is 5.32 Å². The van der Waals surface area contributed by atoms with Gasteiger partial charge in [-0.3, -0.25) is 4.79 Å². The number of amides is 1. The topological polar surface area (TPSA) is 42.0 Å². The summed E-state index contributed by atoms with van der Waals surface area (Å²) >= 11 is 5.72. The number of rotatable bonds is 2. The Morgan fingerprint density at radius 3 is 2.50 bits per heavy atom. The van der Waals surface area contributed by atoms with Gasteiger partial charge in [0, 0.05) is 6.20 Å². The van der Waals surface area contributed by atoms with E-state index in [9.17, 15) is 18.0 Å². The smallest absolute Gasteiger partial charge is 0.321 e. The van der Waals surface area contributed by atoms with Crippen LogP contribution in [0.3, 0.4) is 0 Å². The van der Waals surface area contributed by atoms with Crippen LogP contribution in [0, 0.1) is 0 Å². The van der Waals surface area contributed by atoms with E-state index in [0.717, 1.165) is 6.07 Å². The summed E-state index contributed by atoms with van der Waals surface area (Å²) in [7, 11) is 0. The minimum atomic E-state index is -4.55. The molecule has 1 amide bonds. The zero-order valence-electron chi connectivity index (χ0n) is 9.91. The van der Waals surface area contributed by atoms with Gasteiger partial charge in [-0.15, -0.1) is 0 Å². The van der Waals surface area contributed by atoms with Crippen molar-refractivity contribution in [2.45, 2.75) is 6.18 Å². The maximum atomic E-state index is 12.8. The van der Waals surface area contributed by atoms with Crippen LogP contribution < -0.4 is 5.32 Å². The van der Waals surface area contributed by atoms with E-state index in [2.05, 4.69) is 10.3 Å². The van der Waals surface area contributed by atoms with Crippen LogP contribution in [0.25, 0.3) is 0 Å². The summed E-state index contributed by atoms with van der Waals surface area (Å²) in [6, 6.07) is 7.55. The molecule has 0 fully saturated rings. The lowest BCUT2D eigenvalue weighted by Crippen LogP contribution is -2.17. The third-order valence-electron chi connectivity index (χ3n) is 2.48. The van der Waals surface area contributed by atoms with Crippen LogP contribution in [0.5, 0.6) is 0 Å². The van der Waals surface area contributed by atoms with Crippen LogP contribution in [-0.4, -0.2) is 10.9 Å². The van der Waals surface area contributed by atoms with Crippen LogP contribution in [0.1, 0.15) is 15.9 Å². The Morgan fingerprint density at radius 2 is 1.85 bits per heavy atom. The van der Waals surface area contributed by atoms with E-state index in [1.807, 2.05) is 0 Å². The summed E-state index contributed by atoms with van der Waals surface area (Å²) in [5.74, 6) is -0.750. The largest absolute Gasteiger partial charge is 0.418 e. The number of nitrogens with zero attached hydrogens (tertiary/aromatic N) is 1. The predicted octanol–water partition coefficient (Wildman–Crippen LogP) is 4.01. The number of nitrogens with one attached hydrogen (secondary N) is 1. The number of anilines is 1. The summed E-state index contributed by atoms with van der Waals surface area (Å²) in [4.78, 5) is 15.6. The molecule has 2 rings (SSSR count). The Kier molecular flexibility index (Phi) is 3.94. The van der Waals surface area contributed by atoms with Gasteiger partial charge in [-0.2, -0.15) is 13.2 Å². The van der Waals surface area contributed by atoms with Crippen molar-refractivity contribution in [3.05, 3.63) is 58.9 Å². The Hall–Kier alpha value is -2.08. The minimum absolute atomic E-state index is 0.00569. The lowest BCUT2D eigenvalue weighted by atomic mass is 10.1. The highest BCUT2D eigenvalue weighted by molar-refractivity contribution is 6.33. The molecule has 0 aliphatic heterocycles. The van der Waals surface area contributed by atoms with Crippen molar-refractivity contribution in [3.8, 4) is 0 Å². The second-order valence-electron chi connectivity index (χ2n) is 3.84. The molecule has 1 heterocycles. The van der Waals surface area contributed by atoms with E-state index in [0.29, 0.717) is 0 Å². The summed E-state index contributed by atoms with van der Waals surface area (Å²) < 4.78 is 38.4. The van der Waals surface area contributed by atoms with Gasteiger partial charge in [0.05, 0.1) is 16.8 Å². The molecule has 0 atom stereocenters. The molecule has 0 unspecified atom stereocenters. The van der Waals surface area contributed by atoms with Gasteiger partial charge in [0.25, 0.3) is 5.91 Å². The third-order valence-corrected chi connectivity index (χ3v) is 2.79. The summed E-state index contributed by atoms with van der Waals surface area (Å²) in [5.41, 5.74) is -1.25. The van der Waals surface area contributed by atoms with Crippen LogP contribution in [0.4, 0.5) is 18.9 Å². The highest BCUT2D eigenvalue weighted by atomic mass is 35.5. The Labute approximate surface area is 117 Å². The molecule has 1 aromatic heterocycles. The molecular weight excluding hydrogens is 293 g/mol. The number of pyridine rings is 1. The first-order chi connectivity index (χ1) is 9.39. The highest BCUT2D eigenvalue weighted by Crippen LogP contribution is 2.34.